The summed E-state index contributed by atoms with van der Waals surface area (Å²) in [4.78, 5) is 24.7. The van der Waals surface area contributed by atoms with Crippen LogP contribution in [-0.4, -0.2) is 47.7 Å². The van der Waals surface area contributed by atoms with Crippen molar-refractivity contribution in [3.63, 3.8) is 0 Å². The van der Waals surface area contributed by atoms with E-state index in [-0.39, 0.29) is 18.2 Å². The molecule has 1 saturated heterocycles. The number of rotatable bonds is 2. The molecule has 0 saturated carbocycles. The number of carbonyl (C=O) groups excluding carboxylic acids is 1. The van der Waals surface area contributed by atoms with Gasteiger partial charge in [0.15, 0.2) is 6.04 Å². The minimum atomic E-state index is -1.09. The predicted octanol–water partition coefficient (Wildman–Crippen LogP) is 1.92. The van der Waals surface area contributed by atoms with Crippen LogP contribution >= 0.6 is 23.2 Å². The fourth-order valence-electron chi connectivity index (χ4n) is 1.85. The van der Waals surface area contributed by atoms with Crippen LogP contribution in [0.25, 0.3) is 0 Å². The molecule has 5 nitrogen and oxygen atoms in total. The summed E-state index contributed by atoms with van der Waals surface area (Å²) >= 11 is 11.6. The molecule has 1 aromatic rings. The number of hydrogen-bond acceptors (Lipinski definition) is 3. The third-order valence-electron chi connectivity index (χ3n) is 2.84. The van der Waals surface area contributed by atoms with Crippen molar-refractivity contribution < 1.29 is 19.4 Å². The van der Waals surface area contributed by atoms with Crippen LogP contribution < -0.4 is 0 Å². The molecule has 1 amide bonds. The zero-order valence-corrected chi connectivity index (χ0v) is 11.3. The van der Waals surface area contributed by atoms with Gasteiger partial charge in [-0.1, -0.05) is 23.2 Å². The molecule has 1 heterocycles. The Labute approximate surface area is 119 Å². The van der Waals surface area contributed by atoms with Crippen molar-refractivity contribution in [3.8, 4) is 0 Å². The molecular formula is C12H11Cl2NO4. The number of ether oxygens (including phenoxy) is 1. The third kappa shape index (κ3) is 3.00. The van der Waals surface area contributed by atoms with Gasteiger partial charge in [-0.25, -0.2) is 4.79 Å². The molecule has 7 heteroatoms. The van der Waals surface area contributed by atoms with Gasteiger partial charge in [-0.3, -0.25) is 4.79 Å². The molecule has 0 radical (unpaired) electrons. The molecule has 1 aromatic carbocycles. The fourth-order valence-corrected chi connectivity index (χ4v) is 2.14. The van der Waals surface area contributed by atoms with Crippen molar-refractivity contribution >= 4 is 35.1 Å². The molecule has 1 atom stereocenters. The van der Waals surface area contributed by atoms with Crippen LogP contribution in [0, 0.1) is 0 Å². The predicted molar refractivity (Wildman–Crippen MR) is 69.7 cm³/mol. The number of benzene rings is 1. The van der Waals surface area contributed by atoms with Gasteiger partial charge in [0.2, 0.25) is 0 Å². The second-order valence-corrected chi connectivity index (χ2v) is 4.87. The van der Waals surface area contributed by atoms with Crippen molar-refractivity contribution in [3.05, 3.63) is 33.8 Å². The summed E-state index contributed by atoms with van der Waals surface area (Å²) in [5.41, 5.74) is 0.308. The lowest BCUT2D eigenvalue weighted by atomic mass is 10.1. The average molecular weight is 304 g/mol. The number of nitrogens with zero attached hydrogens (tertiary/aromatic N) is 1. The Morgan fingerprint density at radius 1 is 1.32 bits per heavy atom. The fraction of sp³-hybridized carbons (Fsp3) is 0.333. The summed E-state index contributed by atoms with van der Waals surface area (Å²) in [7, 11) is 0. The van der Waals surface area contributed by atoms with E-state index in [9.17, 15) is 9.59 Å². The van der Waals surface area contributed by atoms with Gasteiger partial charge in [0.05, 0.1) is 23.3 Å². The van der Waals surface area contributed by atoms with E-state index in [2.05, 4.69) is 0 Å². The Balaban J connectivity index is 2.26. The number of carboxylic acids is 1. The van der Waals surface area contributed by atoms with Crippen LogP contribution in [0.4, 0.5) is 0 Å². The first-order valence-corrected chi connectivity index (χ1v) is 6.33. The van der Waals surface area contributed by atoms with E-state index >= 15 is 0 Å². The Morgan fingerprint density at radius 2 is 2.05 bits per heavy atom. The van der Waals surface area contributed by atoms with E-state index in [1.165, 1.54) is 23.1 Å². The summed E-state index contributed by atoms with van der Waals surface area (Å²) in [6.07, 6.45) is 0. The number of hydrogen-bond donors (Lipinski definition) is 1. The SMILES string of the molecule is O=C(O)C1COCCN1C(=O)c1ccc(Cl)c(Cl)c1. The van der Waals surface area contributed by atoms with E-state index in [4.69, 9.17) is 33.0 Å². The van der Waals surface area contributed by atoms with Gasteiger partial charge in [-0.15, -0.1) is 0 Å². The monoisotopic (exact) mass is 303 g/mol. The zero-order valence-electron chi connectivity index (χ0n) is 9.81. The maximum absolute atomic E-state index is 12.3. The van der Waals surface area contributed by atoms with Gasteiger partial charge in [0.1, 0.15) is 0 Å². The van der Waals surface area contributed by atoms with E-state index in [1.807, 2.05) is 0 Å². The zero-order chi connectivity index (χ0) is 14.0. The van der Waals surface area contributed by atoms with Crippen molar-refractivity contribution in [1.82, 2.24) is 4.90 Å². The van der Waals surface area contributed by atoms with Gasteiger partial charge in [-0.2, -0.15) is 0 Å². The number of amides is 1. The number of halogens is 2. The first-order chi connectivity index (χ1) is 9.00. The van der Waals surface area contributed by atoms with Crippen LogP contribution in [0.1, 0.15) is 10.4 Å². The second-order valence-electron chi connectivity index (χ2n) is 4.06. The van der Waals surface area contributed by atoms with Crippen LogP contribution in [0.5, 0.6) is 0 Å². The average Bonchev–Trinajstić information content (AvgIpc) is 2.41. The molecule has 1 aliphatic heterocycles. The lowest BCUT2D eigenvalue weighted by Crippen LogP contribution is -2.52. The Bertz CT molecular complexity index is 520. The molecule has 0 aromatic heterocycles. The van der Waals surface area contributed by atoms with E-state index in [0.29, 0.717) is 17.2 Å². The van der Waals surface area contributed by atoms with Crippen LogP contribution in [-0.2, 0) is 9.53 Å². The van der Waals surface area contributed by atoms with E-state index < -0.39 is 17.9 Å². The van der Waals surface area contributed by atoms with Crippen LogP contribution in [0.3, 0.4) is 0 Å². The smallest absolute Gasteiger partial charge is 0.328 e. The van der Waals surface area contributed by atoms with Gasteiger partial charge >= 0.3 is 5.97 Å². The maximum Gasteiger partial charge on any atom is 0.328 e. The molecular weight excluding hydrogens is 293 g/mol. The second kappa shape index (κ2) is 5.77. The number of carbonyl (C=O) groups is 2. The van der Waals surface area contributed by atoms with Crippen LogP contribution in [0.2, 0.25) is 10.0 Å². The highest BCUT2D eigenvalue weighted by molar-refractivity contribution is 6.42. The molecule has 1 fully saturated rings. The van der Waals surface area contributed by atoms with Crippen molar-refractivity contribution in [2.75, 3.05) is 19.8 Å². The standard InChI is InChI=1S/C12H11Cl2NO4/c13-8-2-1-7(5-9(8)14)11(16)15-3-4-19-6-10(15)12(17)18/h1-2,5,10H,3-4,6H2,(H,17,18). The number of aliphatic carboxylic acids is 1. The quantitative estimate of drug-likeness (QED) is 0.906. The molecule has 102 valence electrons. The highest BCUT2D eigenvalue weighted by Crippen LogP contribution is 2.24. The number of morpholine rings is 1. The molecule has 1 aliphatic rings. The lowest BCUT2D eigenvalue weighted by molar-refractivity contribution is -0.147. The summed E-state index contributed by atoms with van der Waals surface area (Å²) in [6.45, 7) is 0.537. The van der Waals surface area contributed by atoms with Crippen molar-refractivity contribution in [2.24, 2.45) is 0 Å². The van der Waals surface area contributed by atoms with E-state index in [0.717, 1.165) is 0 Å². The first kappa shape index (κ1) is 14.1. The van der Waals surface area contributed by atoms with Gasteiger partial charge < -0.3 is 14.7 Å². The minimum absolute atomic E-state index is 0.0115. The maximum atomic E-state index is 12.3. The van der Waals surface area contributed by atoms with Gasteiger partial charge in [0.25, 0.3) is 5.91 Å². The summed E-state index contributed by atoms with van der Waals surface area (Å²) in [5.74, 6) is -1.48. The first-order valence-electron chi connectivity index (χ1n) is 5.57. The van der Waals surface area contributed by atoms with E-state index in [1.54, 1.807) is 0 Å². The third-order valence-corrected chi connectivity index (χ3v) is 3.58. The van der Waals surface area contributed by atoms with Crippen LogP contribution in [0.15, 0.2) is 18.2 Å². The minimum Gasteiger partial charge on any atom is -0.480 e. The highest BCUT2D eigenvalue weighted by Gasteiger charge is 2.33. The molecule has 0 aliphatic carbocycles. The Kier molecular flexibility index (Phi) is 4.29. The molecule has 2 rings (SSSR count). The molecule has 0 spiro atoms. The summed E-state index contributed by atoms with van der Waals surface area (Å²) in [5, 5.41) is 9.68. The number of carboxylic acid groups (broad SMARTS) is 1. The molecule has 1 N–H and O–H groups in total. The highest BCUT2D eigenvalue weighted by atomic mass is 35.5. The van der Waals surface area contributed by atoms with Crippen molar-refractivity contribution in [2.45, 2.75) is 6.04 Å². The summed E-state index contributed by atoms with van der Waals surface area (Å²) in [6, 6.07) is 3.48. The molecule has 1 unspecified atom stereocenters. The van der Waals surface area contributed by atoms with Gasteiger partial charge in [0, 0.05) is 12.1 Å². The topological polar surface area (TPSA) is 66.8 Å². The molecule has 19 heavy (non-hydrogen) atoms. The normalized spacial score (nSPS) is 19.3. The lowest BCUT2D eigenvalue weighted by Gasteiger charge is -2.32. The van der Waals surface area contributed by atoms with Gasteiger partial charge in [-0.05, 0) is 18.2 Å². The summed E-state index contributed by atoms with van der Waals surface area (Å²) < 4.78 is 5.08. The Morgan fingerprint density at radius 3 is 2.68 bits per heavy atom. The Hall–Kier alpha value is -1.30. The molecule has 0 bridgehead atoms. The van der Waals surface area contributed by atoms with Crippen molar-refractivity contribution in [1.29, 1.82) is 0 Å². The largest absolute Gasteiger partial charge is 0.480 e.